The molecule has 2 heterocycles. The van der Waals surface area contributed by atoms with Crippen LogP contribution in [0.3, 0.4) is 0 Å². The maximum Gasteiger partial charge on any atom is 0.261 e. The SMILES string of the molecule is Cc1cc(C(C)N)c2nc(-c3sc(C)nc3C)n(C)c(=O)c2c1. The first kappa shape index (κ1) is 15.8. The molecule has 5 nitrogen and oxygen atoms in total. The van der Waals surface area contributed by atoms with Crippen LogP contribution in [0.25, 0.3) is 21.6 Å². The zero-order valence-corrected chi connectivity index (χ0v) is 14.8. The van der Waals surface area contributed by atoms with Crippen molar-refractivity contribution in [3.8, 4) is 10.7 Å². The van der Waals surface area contributed by atoms with Crippen LogP contribution in [-0.4, -0.2) is 14.5 Å². The molecule has 1 atom stereocenters. The monoisotopic (exact) mass is 328 g/mol. The van der Waals surface area contributed by atoms with Gasteiger partial charge < -0.3 is 5.73 Å². The van der Waals surface area contributed by atoms with E-state index in [1.807, 2.05) is 39.8 Å². The van der Waals surface area contributed by atoms with Crippen molar-refractivity contribution < 1.29 is 0 Å². The van der Waals surface area contributed by atoms with Crippen molar-refractivity contribution in [1.82, 2.24) is 14.5 Å². The van der Waals surface area contributed by atoms with Crippen LogP contribution in [-0.2, 0) is 7.05 Å². The number of thiazole rings is 1. The van der Waals surface area contributed by atoms with Gasteiger partial charge in [0.1, 0.15) is 0 Å². The molecule has 0 amide bonds. The number of rotatable bonds is 2. The number of hydrogen-bond donors (Lipinski definition) is 1. The van der Waals surface area contributed by atoms with Crippen molar-refractivity contribution in [2.45, 2.75) is 33.7 Å². The molecule has 0 saturated carbocycles. The molecule has 0 aliphatic heterocycles. The fraction of sp³-hybridized carbons (Fsp3) is 0.353. The van der Waals surface area contributed by atoms with Crippen molar-refractivity contribution in [2.75, 3.05) is 0 Å². The van der Waals surface area contributed by atoms with Gasteiger partial charge in [0, 0.05) is 13.1 Å². The Balaban J connectivity index is 2.44. The van der Waals surface area contributed by atoms with Gasteiger partial charge in [-0.3, -0.25) is 9.36 Å². The van der Waals surface area contributed by atoms with E-state index in [9.17, 15) is 4.79 Å². The Morgan fingerprint density at radius 3 is 2.48 bits per heavy atom. The van der Waals surface area contributed by atoms with E-state index in [2.05, 4.69) is 4.98 Å². The summed E-state index contributed by atoms with van der Waals surface area (Å²) in [6.07, 6.45) is 0. The zero-order chi connectivity index (χ0) is 16.9. The van der Waals surface area contributed by atoms with Gasteiger partial charge in [0.25, 0.3) is 5.56 Å². The van der Waals surface area contributed by atoms with Crippen molar-refractivity contribution in [3.05, 3.63) is 44.3 Å². The van der Waals surface area contributed by atoms with Crippen LogP contribution in [0.15, 0.2) is 16.9 Å². The van der Waals surface area contributed by atoms with Gasteiger partial charge in [-0.1, -0.05) is 6.07 Å². The van der Waals surface area contributed by atoms with Gasteiger partial charge in [-0.25, -0.2) is 9.97 Å². The number of nitrogens with two attached hydrogens (primary N) is 1. The van der Waals surface area contributed by atoms with E-state index < -0.39 is 0 Å². The third-order valence-corrected chi connectivity index (χ3v) is 5.02. The van der Waals surface area contributed by atoms with E-state index in [0.29, 0.717) is 16.7 Å². The normalized spacial score (nSPS) is 12.8. The van der Waals surface area contributed by atoms with Crippen molar-refractivity contribution in [1.29, 1.82) is 0 Å². The molecule has 0 aliphatic carbocycles. The van der Waals surface area contributed by atoms with Crippen LogP contribution < -0.4 is 11.3 Å². The fourth-order valence-electron chi connectivity index (χ4n) is 2.84. The Bertz CT molecular complexity index is 969. The van der Waals surface area contributed by atoms with Crippen molar-refractivity contribution in [2.24, 2.45) is 12.8 Å². The number of hydrogen-bond acceptors (Lipinski definition) is 5. The minimum absolute atomic E-state index is 0.0546. The van der Waals surface area contributed by atoms with E-state index in [1.54, 1.807) is 23.0 Å². The third kappa shape index (κ3) is 2.58. The summed E-state index contributed by atoms with van der Waals surface area (Å²) in [6, 6.07) is 3.70. The highest BCUT2D eigenvalue weighted by atomic mass is 32.1. The topological polar surface area (TPSA) is 73.8 Å². The van der Waals surface area contributed by atoms with Crippen LogP contribution >= 0.6 is 11.3 Å². The smallest absolute Gasteiger partial charge is 0.261 e. The second-order valence-corrected chi connectivity index (χ2v) is 7.19. The van der Waals surface area contributed by atoms with Crippen LogP contribution in [0.4, 0.5) is 0 Å². The summed E-state index contributed by atoms with van der Waals surface area (Å²) in [5.41, 5.74) is 9.54. The summed E-state index contributed by atoms with van der Waals surface area (Å²) in [7, 11) is 1.76. The van der Waals surface area contributed by atoms with E-state index in [-0.39, 0.29) is 11.6 Å². The molecule has 3 aromatic rings. The predicted octanol–water partition coefficient (Wildman–Crippen LogP) is 3.00. The molecular formula is C17H20N4OS. The maximum absolute atomic E-state index is 12.8. The van der Waals surface area contributed by atoms with Crippen molar-refractivity contribution >= 4 is 22.2 Å². The highest BCUT2D eigenvalue weighted by Gasteiger charge is 2.18. The number of aromatic nitrogens is 3. The quantitative estimate of drug-likeness (QED) is 0.785. The molecule has 1 unspecified atom stereocenters. The summed E-state index contributed by atoms with van der Waals surface area (Å²) in [5.74, 6) is 0.649. The fourth-order valence-corrected chi connectivity index (χ4v) is 3.79. The molecule has 0 bridgehead atoms. The Morgan fingerprint density at radius 1 is 1.22 bits per heavy atom. The molecule has 0 aliphatic rings. The molecule has 6 heteroatoms. The second kappa shape index (κ2) is 5.54. The predicted molar refractivity (Wildman–Crippen MR) is 94.9 cm³/mol. The lowest BCUT2D eigenvalue weighted by Crippen LogP contribution is -2.21. The van der Waals surface area contributed by atoms with Crippen LogP contribution in [0.1, 0.15) is 34.8 Å². The Labute approximate surface area is 138 Å². The summed E-state index contributed by atoms with van der Waals surface area (Å²) in [5, 5.41) is 1.57. The molecule has 0 radical (unpaired) electrons. The Hall–Kier alpha value is -2.05. The Morgan fingerprint density at radius 2 is 1.91 bits per heavy atom. The summed E-state index contributed by atoms with van der Waals surface area (Å²) < 4.78 is 1.60. The molecule has 0 fully saturated rings. The van der Waals surface area contributed by atoms with E-state index >= 15 is 0 Å². The average Bonchev–Trinajstić information content (AvgIpc) is 2.81. The number of benzene rings is 1. The van der Waals surface area contributed by atoms with Gasteiger partial charge in [-0.2, -0.15) is 0 Å². The van der Waals surface area contributed by atoms with Gasteiger partial charge in [0.2, 0.25) is 0 Å². The van der Waals surface area contributed by atoms with E-state index in [4.69, 9.17) is 10.7 Å². The highest BCUT2D eigenvalue weighted by Crippen LogP contribution is 2.30. The lowest BCUT2D eigenvalue weighted by atomic mass is 10.0. The number of aryl methyl sites for hydroxylation is 3. The first-order valence-corrected chi connectivity index (χ1v) is 8.32. The third-order valence-electron chi connectivity index (χ3n) is 3.95. The standard InChI is InChI=1S/C17H20N4OS/c1-8-6-12(9(2)18)14-13(7-8)17(22)21(5)16(20-14)15-10(3)19-11(4)23-15/h6-7,9H,18H2,1-5H3. The molecule has 0 saturated heterocycles. The zero-order valence-electron chi connectivity index (χ0n) is 14.0. The summed E-state index contributed by atoms with van der Waals surface area (Å²) in [4.78, 5) is 23.0. The first-order chi connectivity index (χ1) is 10.8. The molecule has 2 aromatic heterocycles. The van der Waals surface area contributed by atoms with E-state index in [1.165, 1.54) is 0 Å². The van der Waals surface area contributed by atoms with E-state index in [0.717, 1.165) is 26.7 Å². The van der Waals surface area contributed by atoms with Gasteiger partial charge in [-0.15, -0.1) is 11.3 Å². The Kier molecular flexibility index (Phi) is 3.82. The summed E-state index contributed by atoms with van der Waals surface area (Å²) >= 11 is 1.55. The molecule has 23 heavy (non-hydrogen) atoms. The van der Waals surface area contributed by atoms with Gasteiger partial charge in [0.15, 0.2) is 5.82 Å². The van der Waals surface area contributed by atoms with Crippen LogP contribution in [0.2, 0.25) is 0 Å². The number of nitrogens with zero attached hydrogens (tertiary/aromatic N) is 3. The molecule has 120 valence electrons. The first-order valence-electron chi connectivity index (χ1n) is 7.51. The van der Waals surface area contributed by atoms with Crippen LogP contribution in [0.5, 0.6) is 0 Å². The summed E-state index contributed by atoms with van der Waals surface area (Å²) in [6.45, 7) is 7.78. The van der Waals surface area contributed by atoms with Gasteiger partial charge >= 0.3 is 0 Å². The number of fused-ring (bicyclic) bond motifs is 1. The molecule has 0 spiro atoms. The molecule has 1 aromatic carbocycles. The van der Waals surface area contributed by atoms with Gasteiger partial charge in [0.05, 0.1) is 26.5 Å². The lowest BCUT2D eigenvalue weighted by Gasteiger charge is -2.14. The largest absolute Gasteiger partial charge is 0.324 e. The highest BCUT2D eigenvalue weighted by molar-refractivity contribution is 7.15. The molecular weight excluding hydrogens is 308 g/mol. The molecule has 3 rings (SSSR count). The average molecular weight is 328 g/mol. The van der Waals surface area contributed by atoms with Gasteiger partial charge in [-0.05, 0) is 44.9 Å². The lowest BCUT2D eigenvalue weighted by molar-refractivity contribution is 0.814. The minimum atomic E-state index is -0.186. The second-order valence-electron chi connectivity index (χ2n) is 5.99. The maximum atomic E-state index is 12.8. The molecule has 2 N–H and O–H groups in total. The minimum Gasteiger partial charge on any atom is -0.324 e. The van der Waals surface area contributed by atoms with Crippen LogP contribution in [0, 0.1) is 20.8 Å². The van der Waals surface area contributed by atoms with Crippen molar-refractivity contribution in [3.63, 3.8) is 0 Å².